The Morgan fingerprint density at radius 1 is 0.783 bits per heavy atom. The van der Waals surface area contributed by atoms with Crippen LogP contribution in [0.4, 0.5) is 0 Å². The lowest BCUT2D eigenvalue weighted by molar-refractivity contribution is 0.473. The summed E-state index contributed by atoms with van der Waals surface area (Å²) in [4.78, 5) is 0. The van der Waals surface area contributed by atoms with Crippen molar-refractivity contribution < 1.29 is 10.2 Å². The third-order valence-electron chi connectivity index (χ3n) is 4.47. The van der Waals surface area contributed by atoms with Crippen molar-refractivity contribution in [2.24, 2.45) is 0 Å². The molecule has 0 saturated carbocycles. The minimum atomic E-state index is 0. The van der Waals surface area contributed by atoms with Gasteiger partial charge in [0.1, 0.15) is 11.5 Å². The Morgan fingerprint density at radius 3 is 1.91 bits per heavy atom. The first-order valence-electron chi connectivity index (χ1n) is 8.01. The van der Waals surface area contributed by atoms with Gasteiger partial charge in [-0.25, -0.2) is 0 Å². The van der Waals surface area contributed by atoms with Gasteiger partial charge in [-0.15, -0.1) is 17.0 Å². The number of aromatic hydroxyl groups is 2. The van der Waals surface area contributed by atoms with Crippen LogP contribution in [0.5, 0.6) is 11.5 Å². The number of phenols is 2. The van der Waals surface area contributed by atoms with Gasteiger partial charge in [0.15, 0.2) is 0 Å². The van der Waals surface area contributed by atoms with Crippen LogP contribution in [0.3, 0.4) is 0 Å². The van der Waals surface area contributed by atoms with Crippen molar-refractivity contribution in [2.45, 2.75) is 44.2 Å². The van der Waals surface area contributed by atoms with Crippen LogP contribution in [0.1, 0.15) is 30.4 Å². The fourth-order valence-corrected chi connectivity index (χ4v) is 3.21. The van der Waals surface area contributed by atoms with Crippen LogP contribution in [-0.4, -0.2) is 22.3 Å². The molecule has 1 saturated heterocycles. The molecule has 1 aliphatic rings. The Kier molecular flexibility index (Phi) is 6.48. The molecule has 0 spiro atoms. The van der Waals surface area contributed by atoms with Gasteiger partial charge in [-0.05, 0) is 67.5 Å². The van der Waals surface area contributed by atoms with Gasteiger partial charge in [-0.2, -0.15) is 0 Å². The molecular formula is C19H24BrNO2. The van der Waals surface area contributed by atoms with Gasteiger partial charge in [-0.1, -0.05) is 24.3 Å². The van der Waals surface area contributed by atoms with E-state index in [-0.39, 0.29) is 17.0 Å². The molecule has 0 aliphatic carbocycles. The topological polar surface area (TPSA) is 52.5 Å². The molecule has 1 heterocycles. The van der Waals surface area contributed by atoms with Gasteiger partial charge in [-0.3, -0.25) is 0 Å². The minimum Gasteiger partial charge on any atom is -0.508 e. The molecule has 4 heteroatoms. The average Bonchev–Trinajstić information content (AvgIpc) is 2.97. The number of rotatable bonds is 5. The first-order valence-corrected chi connectivity index (χ1v) is 8.01. The Labute approximate surface area is 148 Å². The molecule has 3 rings (SSSR count). The van der Waals surface area contributed by atoms with Gasteiger partial charge in [0, 0.05) is 12.1 Å². The average molecular weight is 378 g/mol. The molecule has 1 aliphatic heterocycles. The summed E-state index contributed by atoms with van der Waals surface area (Å²) in [6.07, 6.45) is 5.64. The van der Waals surface area contributed by atoms with E-state index >= 15 is 0 Å². The Morgan fingerprint density at radius 2 is 1.30 bits per heavy atom. The third-order valence-corrected chi connectivity index (χ3v) is 4.47. The monoisotopic (exact) mass is 377 g/mol. The number of phenolic OH excluding ortho intramolecular Hbond substituents is 2. The van der Waals surface area contributed by atoms with Crippen LogP contribution in [0.2, 0.25) is 0 Å². The fourth-order valence-electron chi connectivity index (χ4n) is 3.21. The molecule has 0 aromatic heterocycles. The van der Waals surface area contributed by atoms with Crippen molar-refractivity contribution in [3.8, 4) is 11.5 Å². The predicted molar refractivity (Wildman–Crippen MR) is 98.5 cm³/mol. The van der Waals surface area contributed by atoms with Crippen LogP contribution in [-0.2, 0) is 12.8 Å². The molecule has 0 bridgehead atoms. The lowest BCUT2D eigenvalue weighted by atomic mass is 10.0. The summed E-state index contributed by atoms with van der Waals surface area (Å²) in [5.74, 6) is 0.659. The second-order valence-electron chi connectivity index (χ2n) is 6.21. The standard InChI is InChI=1S/C19H23NO2.BrH/c21-18-9-2-14(3-10-18)1-6-16-7-8-17(20-16)13-15-4-11-19(22)12-5-15;/h2-5,9-12,16-17,20-22H,1,6-8,13H2;1H. The van der Waals surface area contributed by atoms with Crippen LogP contribution in [0, 0.1) is 0 Å². The zero-order chi connectivity index (χ0) is 15.4. The first-order chi connectivity index (χ1) is 10.7. The van der Waals surface area contributed by atoms with E-state index < -0.39 is 0 Å². The van der Waals surface area contributed by atoms with E-state index in [1.165, 1.54) is 24.0 Å². The van der Waals surface area contributed by atoms with Crippen molar-refractivity contribution in [3.05, 3.63) is 59.7 Å². The minimum absolute atomic E-state index is 0. The van der Waals surface area contributed by atoms with Crippen molar-refractivity contribution in [3.63, 3.8) is 0 Å². The molecule has 2 atom stereocenters. The molecule has 0 amide bonds. The summed E-state index contributed by atoms with van der Waals surface area (Å²) < 4.78 is 0. The fraction of sp³-hybridized carbons (Fsp3) is 0.368. The van der Waals surface area contributed by atoms with E-state index in [0.29, 0.717) is 23.6 Å². The second-order valence-corrected chi connectivity index (χ2v) is 6.21. The lowest BCUT2D eigenvalue weighted by Gasteiger charge is -2.14. The highest BCUT2D eigenvalue weighted by Crippen LogP contribution is 2.21. The van der Waals surface area contributed by atoms with Crippen molar-refractivity contribution in [1.29, 1.82) is 0 Å². The summed E-state index contributed by atoms with van der Waals surface area (Å²) in [5, 5.41) is 22.3. The second kappa shape index (κ2) is 8.37. The van der Waals surface area contributed by atoms with Gasteiger partial charge < -0.3 is 15.5 Å². The summed E-state index contributed by atoms with van der Waals surface area (Å²) in [5.41, 5.74) is 2.55. The zero-order valence-corrected chi connectivity index (χ0v) is 14.8. The normalized spacial score (nSPS) is 20.2. The Bertz CT molecular complexity index is 598. The van der Waals surface area contributed by atoms with Gasteiger partial charge in [0.2, 0.25) is 0 Å². The summed E-state index contributed by atoms with van der Waals surface area (Å²) >= 11 is 0. The highest BCUT2D eigenvalue weighted by atomic mass is 79.9. The molecular weight excluding hydrogens is 354 g/mol. The maximum Gasteiger partial charge on any atom is 0.115 e. The molecule has 0 radical (unpaired) electrons. The summed E-state index contributed by atoms with van der Waals surface area (Å²) in [6, 6.07) is 16.1. The first kappa shape index (κ1) is 17.8. The van der Waals surface area contributed by atoms with Crippen molar-refractivity contribution in [2.75, 3.05) is 0 Å². The van der Waals surface area contributed by atoms with Crippen LogP contribution in [0.25, 0.3) is 0 Å². The molecule has 1 fully saturated rings. The molecule has 2 aromatic carbocycles. The Balaban J connectivity index is 0.00000192. The molecule has 3 N–H and O–H groups in total. The van der Waals surface area contributed by atoms with Gasteiger partial charge in [0.05, 0.1) is 0 Å². The van der Waals surface area contributed by atoms with Gasteiger partial charge in [0.25, 0.3) is 0 Å². The van der Waals surface area contributed by atoms with E-state index in [1.54, 1.807) is 24.3 Å². The number of nitrogens with one attached hydrogen (secondary N) is 1. The SMILES string of the molecule is Br.Oc1ccc(CCC2CCC(Cc3ccc(O)cc3)N2)cc1. The van der Waals surface area contributed by atoms with Crippen LogP contribution < -0.4 is 5.32 Å². The summed E-state index contributed by atoms with van der Waals surface area (Å²) in [7, 11) is 0. The number of aryl methyl sites for hydroxylation is 1. The number of benzene rings is 2. The van der Waals surface area contributed by atoms with E-state index in [1.807, 2.05) is 24.3 Å². The van der Waals surface area contributed by atoms with E-state index in [2.05, 4.69) is 5.32 Å². The number of hydrogen-bond acceptors (Lipinski definition) is 3. The van der Waals surface area contributed by atoms with Gasteiger partial charge >= 0.3 is 0 Å². The molecule has 2 unspecified atom stereocenters. The number of halogens is 1. The maximum absolute atomic E-state index is 9.32. The maximum atomic E-state index is 9.32. The largest absolute Gasteiger partial charge is 0.508 e. The van der Waals surface area contributed by atoms with E-state index in [0.717, 1.165) is 19.3 Å². The molecule has 23 heavy (non-hydrogen) atoms. The molecule has 3 nitrogen and oxygen atoms in total. The number of hydrogen-bond donors (Lipinski definition) is 3. The third kappa shape index (κ3) is 5.26. The highest BCUT2D eigenvalue weighted by molar-refractivity contribution is 8.93. The smallest absolute Gasteiger partial charge is 0.115 e. The van der Waals surface area contributed by atoms with E-state index in [9.17, 15) is 10.2 Å². The predicted octanol–water partition coefficient (Wildman–Crippen LogP) is 3.97. The quantitative estimate of drug-likeness (QED) is 0.738. The van der Waals surface area contributed by atoms with Crippen LogP contribution >= 0.6 is 17.0 Å². The van der Waals surface area contributed by atoms with Crippen LogP contribution in [0.15, 0.2) is 48.5 Å². The lowest BCUT2D eigenvalue weighted by Crippen LogP contribution is -2.31. The molecule has 124 valence electrons. The Hall–Kier alpha value is -1.52. The van der Waals surface area contributed by atoms with E-state index in [4.69, 9.17) is 0 Å². The van der Waals surface area contributed by atoms with Crippen molar-refractivity contribution in [1.82, 2.24) is 5.32 Å². The zero-order valence-electron chi connectivity index (χ0n) is 13.1. The highest BCUT2D eigenvalue weighted by Gasteiger charge is 2.23. The summed E-state index contributed by atoms with van der Waals surface area (Å²) in [6.45, 7) is 0. The molecule has 2 aromatic rings. The van der Waals surface area contributed by atoms with Crippen molar-refractivity contribution >= 4 is 17.0 Å².